The van der Waals surface area contributed by atoms with Crippen molar-refractivity contribution in [2.75, 3.05) is 11.9 Å². The average Bonchev–Trinajstić information content (AvgIpc) is 2.93. The van der Waals surface area contributed by atoms with E-state index in [1.807, 2.05) is 17.7 Å². The third kappa shape index (κ3) is 4.95. The van der Waals surface area contributed by atoms with Gasteiger partial charge in [-0.05, 0) is 24.1 Å². The van der Waals surface area contributed by atoms with Gasteiger partial charge in [-0.25, -0.2) is 9.78 Å². The van der Waals surface area contributed by atoms with Gasteiger partial charge < -0.3 is 15.2 Å². The summed E-state index contributed by atoms with van der Waals surface area (Å²) in [6.07, 6.45) is 5.37. The molecule has 1 heterocycles. The first-order valence-electron chi connectivity index (χ1n) is 6.50. The van der Waals surface area contributed by atoms with E-state index in [1.54, 1.807) is 30.7 Å². The molecule has 112 valence electrons. The van der Waals surface area contributed by atoms with Gasteiger partial charge in [0, 0.05) is 30.5 Å². The molecule has 0 fully saturated rings. The lowest BCUT2D eigenvalue weighted by atomic mass is 10.2. The molecule has 2 aromatic rings. The minimum absolute atomic E-state index is 0.278. The fraction of sp³-hybridized carbons (Fsp3) is 0.286. The number of urea groups is 1. The quantitative estimate of drug-likeness (QED) is 0.881. The first-order valence-corrected chi connectivity index (χ1v) is 7.26. The Morgan fingerprint density at radius 1 is 1.43 bits per heavy atom. The second kappa shape index (κ2) is 7.33. The summed E-state index contributed by atoms with van der Waals surface area (Å²) >= 11 is 11.9. The summed E-state index contributed by atoms with van der Waals surface area (Å²) in [6.45, 7) is 3.38. The van der Waals surface area contributed by atoms with Crippen molar-refractivity contribution in [2.45, 2.75) is 13.5 Å². The van der Waals surface area contributed by atoms with Crippen molar-refractivity contribution in [1.82, 2.24) is 14.9 Å². The van der Waals surface area contributed by atoms with Crippen LogP contribution in [-0.4, -0.2) is 22.1 Å². The van der Waals surface area contributed by atoms with Crippen molar-refractivity contribution in [1.29, 1.82) is 0 Å². The van der Waals surface area contributed by atoms with E-state index < -0.39 is 0 Å². The minimum atomic E-state index is -0.309. The fourth-order valence-corrected chi connectivity index (χ4v) is 2.18. The van der Waals surface area contributed by atoms with Crippen LogP contribution >= 0.6 is 23.2 Å². The van der Waals surface area contributed by atoms with E-state index in [0.717, 1.165) is 6.54 Å². The van der Waals surface area contributed by atoms with Gasteiger partial charge in [-0.3, -0.25) is 0 Å². The number of carbonyl (C=O) groups excluding carboxylic acids is 1. The van der Waals surface area contributed by atoms with Crippen LogP contribution in [-0.2, 0) is 6.54 Å². The molecule has 2 rings (SSSR count). The number of hydrogen-bond acceptors (Lipinski definition) is 2. The molecule has 2 amide bonds. The van der Waals surface area contributed by atoms with Crippen LogP contribution in [0.4, 0.5) is 10.5 Å². The summed E-state index contributed by atoms with van der Waals surface area (Å²) in [5.74, 6) is 0.278. The second-order valence-corrected chi connectivity index (χ2v) is 5.67. The van der Waals surface area contributed by atoms with Crippen molar-refractivity contribution in [3.8, 4) is 0 Å². The van der Waals surface area contributed by atoms with Crippen LogP contribution in [0.25, 0.3) is 0 Å². The molecule has 0 saturated heterocycles. The van der Waals surface area contributed by atoms with Gasteiger partial charge in [0.15, 0.2) is 0 Å². The van der Waals surface area contributed by atoms with Gasteiger partial charge in [0.2, 0.25) is 0 Å². The second-order valence-electron chi connectivity index (χ2n) is 4.82. The van der Waals surface area contributed by atoms with E-state index >= 15 is 0 Å². The van der Waals surface area contributed by atoms with Crippen LogP contribution < -0.4 is 10.6 Å². The van der Waals surface area contributed by atoms with Crippen LogP contribution in [0.1, 0.15) is 6.92 Å². The maximum atomic E-state index is 11.8. The molecule has 0 aliphatic heterocycles. The predicted molar refractivity (Wildman–Crippen MR) is 84.9 cm³/mol. The Morgan fingerprint density at radius 3 is 2.95 bits per heavy atom. The van der Waals surface area contributed by atoms with Crippen LogP contribution in [0.5, 0.6) is 0 Å². The van der Waals surface area contributed by atoms with E-state index in [4.69, 9.17) is 23.2 Å². The summed E-state index contributed by atoms with van der Waals surface area (Å²) in [5, 5.41) is 6.45. The van der Waals surface area contributed by atoms with Gasteiger partial charge in [-0.2, -0.15) is 0 Å². The molecule has 1 aromatic carbocycles. The topological polar surface area (TPSA) is 59.0 Å². The molecule has 0 saturated carbocycles. The van der Waals surface area contributed by atoms with Crippen LogP contribution in [0.2, 0.25) is 10.0 Å². The molecular weight excluding hydrogens is 311 g/mol. The highest BCUT2D eigenvalue weighted by atomic mass is 35.5. The van der Waals surface area contributed by atoms with Crippen LogP contribution in [0, 0.1) is 5.92 Å². The van der Waals surface area contributed by atoms with Crippen LogP contribution in [0.3, 0.4) is 0 Å². The molecule has 0 spiro atoms. The smallest absolute Gasteiger partial charge is 0.319 e. The van der Waals surface area contributed by atoms with Crippen LogP contribution in [0.15, 0.2) is 36.9 Å². The standard InChI is InChI=1S/C14H16Cl2N4O/c1-10(8-20-5-4-17-9-20)7-18-14(21)19-13-6-11(15)2-3-12(13)16/h2-6,9-10H,7-8H2,1H3,(H2,18,19,21). The van der Waals surface area contributed by atoms with E-state index in [1.165, 1.54) is 0 Å². The lowest BCUT2D eigenvalue weighted by molar-refractivity contribution is 0.250. The molecule has 2 N–H and O–H groups in total. The Bertz CT molecular complexity index is 601. The zero-order valence-electron chi connectivity index (χ0n) is 11.5. The first-order chi connectivity index (χ1) is 10.0. The number of hydrogen-bond donors (Lipinski definition) is 2. The van der Waals surface area contributed by atoms with Crippen molar-refractivity contribution in [3.63, 3.8) is 0 Å². The highest BCUT2D eigenvalue weighted by molar-refractivity contribution is 6.35. The third-order valence-electron chi connectivity index (χ3n) is 2.87. The lowest BCUT2D eigenvalue weighted by Gasteiger charge is -2.14. The van der Waals surface area contributed by atoms with E-state index in [2.05, 4.69) is 15.6 Å². The maximum absolute atomic E-state index is 11.8. The fourth-order valence-electron chi connectivity index (χ4n) is 1.85. The number of rotatable bonds is 5. The molecule has 7 heteroatoms. The Morgan fingerprint density at radius 2 is 2.24 bits per heavy atom. The van der Waals surface area contributed by atoms with Gasteiger partial charge in [0.05, 0.1) is 17.0 Å². The van der Waals surface area contributed by atoms with E-state index in [-0.39, 0.29) is 11.9 Å². The summed E-state index contributed by atoms with van der Waals surface area (Å²) < 4.78 is 1.97. The Hall–Kier alpha value is -1.72. The van der Waals surface area contributed by atoms with Crippen molar-refractivity contribution in [3.05, 3.63) is 47.0 Å². The summed E-state index contributed by atoms with van der Waals surface area (Å²) in [4.78, 5) is 15.8. The number of benzene rings is 1. The third-order valence-corrected chi connectivity index (χ3v) is 3.43. The molecule has 1 unspecified atom stereocenters. The number of aromatic nitrogens is 2. The van der Waals surface area contributed by atoms with Crippen molar-refractivity contribution in [2.24, 2.45) is 5.92 Å². The van der Waals surface area contributed by atoms with Crippen molar-refractivity contribution >= 4 is 34.9 Å². The predicted octanol–water partition coefficient (Wildman–Crippen LogP) is 3.65. The number of halogens is 2. The minimum Gasteiger partial charge on any atom is -0.338 e. The Labute approximate surface area is 133 Å². The molecule has 1 atom stereocenters. The van der Waals surface area contributed by atoms with Crippen molar-refractivity contribution < 1.29 is 4.79 Å². The Balaban J connectivity index is 1.80. The van der Waals surface area contributed by atoms with E-state index in [0.29, 0.717) is 22.3 Å². The Kier molecular flexibility index (Phi) is 5.47. The first kappa shape index (κ1) is 15.7. The molecule has 5 nitrogen and oxygen atoms in total. The summed E-state index contributed by atoms with van der Waals surface area (Å²) in [5.41, 5.74) is 0.490. The molecule has 0 aliphatic carbocycles. The van der Waals surface area contributed by atoms with Gasteiger partial charge in [0.25, 0.3) is 0 Å². The lowest BCUT2D eigenvalue weighted by Crippen LogP contribution is -2.33. The zero-order valence-corrected chi connectivity index (χ0v) is 13.0. The number of imidazole rings is 1. The SMILES string of the molecule is CC(CNC(=O)Nc1cc(Cl)ccc1Cl)Cn1ccnc1. The highest BCUT2D eigenvalue weighted by Gasteiger charge is 2.08. The number of anilines is 1. The molecule has 0 aliphatic rings. The number of carbonyl (C=O) groups is 1. The number of amides is 2. The molecule has 21 heavy (non-hydrogen) atoms. The largest absolute Gasteiger partial charge is 0.338 e. The number of nitrogens with zero attached hydrogens (tertiary/aromatic N) is 2. The van der Waals surface area contributed by atoms with Gasteiger partial charge in [0.1, 0.15) is 0 Å². The van der Waals surface area contributed by atoms with E-state index in [9.17, 15) is 4.79 Å². The molecule has 0 bridgehead atoms. The molecule has 0 radical (unpaired) electrons. The average molecular weight is 327 g/mol. The van der Waals surface area contributed by atoms with Gasteiger partial charge >= 0.3 is 6.03 Å². The number of nitrogens with one attached hydrogen (secondary N) is 2. The molecule has 1 aromatic heterocycles. The van der Waals surface area contributed by atoms with Gasteiger partial charge in [-0.15, -0.1) is 0 Å². The summed E-state index contributed by atoms with van der Waals surface area (Å²) in [6, 6.07) is 4.61. The molecular formula is C14H16Cl2N4O. The normalized spacial score (nSPS) is 12.0. The summed E-state index contributed by atoms with van der Waals surface area (Å²) in [7, 11) is 0. The monoisotopic (exact) mass is 326 g/mol. The highest BCUT2D eigenvalue weighted by Crippen LogP contribution is 2.25. The van der Waals surface area contributed by atoms with Gasteiger partial charge in [-0.1, -0.05) is 30.1 Å². The zero-order chi connectivity index (χ0) is 15.2. The maximum Gasteiger partial charge on any atom is 0.319 e.